The molecule has 1 fully saturated rings. The van der Waals surface area contributed by atoms with Gasteiger partial charge in [0.1, 0.15) is 0 Å². The second-order valence-corrected chi connectivity index (χ2v) is 8.23. The van der Waals surface area contributed by atoms with Crippen LogP contribution in [-0.2, 0) is 14.8 Å². The summed E-state index contributed by atoms with van der Waals surface area (Å²) >= 11 is 0. The van der Waals surface area contributed by atoms with Crippen molar-refractivity contribution in [2.24, 2.45) is 5.41 Å². The monoisotopic (exact) mass is 376 g/mol. The number of nitrogens with one attached hydrogen (secondary N) is 2. The highest BCUT2D eigenvalue weighted by Crippen LogP contribution is 2.29. The largest absolute Gasteiger partial charge is 0.465 e. The molecule has 8 heteroatoms. The van der Waals surface area contributed by atoms with Crippen LogP contribution in [-0.4, -0.2) is 40.6 Å². The number of ether oxygens (including phenoxy) is 1. The Morgan fingerprint density at radius 1 is 1.33 bits per heavy atom. The van der Waals surface area contributed by atoms with Crippen molar-refractivity contribution in [2.75, 3.05) is 20.2 Å². The fraction of sp³-hybridized carbons (Fsp3) is 0.562. The van der Waals surface area contributed by atoms with Crippen molar-refractivity contribution in [3.63, 3.8) is 0 Å². The van der Waals surface area contributed by atoms with Crippen LogP contribution in [0.15, 0.2) is 29.2 Å². The van der Waals surface area contributed by atoms with Gasteiger partial charge >= 0.3 is 5.97 Å². The Morgan fingerprint density at radius 3 is 2.50 bits per heavy atom. The number of carbonyl (C=O) groups excluding carboxylic acids is 1. The number of sulfonamides is 1. The number of benzene rings is 1. The number of piperidine rings is 1. The number of rotatable bonds is 5. The summed E-state index contributed by atoms with van der Waals surface area (Å²) in [4.78, 5) is 11.5. The van der Waals surface area contributed by atoms with Crippen molar-refractivity contribution in [3.8, 4) is 0 Å². The molecule has 0 aromatic heterocycles. The summed E-state index contributed by atoms with van der Waals surface area (Å²) in [5, 5.41) is 3.38. The van der Waals surface area contributed by atoms with Crippen LogP contribution >= 0.6 is 12.4 Å². The first kappa shape index (κ1) is 20.9. The molecule has 136 valence electrons. The predicted molar refractivity (Wildman–Crippen MR) is 95.0 cm³/mol. The molecule has 1 aliphatic heterocycles. The lowest BCUT2D eigenvalue weighted by atomic mass is 9.78. The number of hydrogen-bond donors (Lipinski definition) is 2. The molecule has 1 aliphatic rings. The van der Waals surface area contributed by atoms with Crippen LogP contribution < -0.4 is 10.0 Å². The Kier molecular flexibility index (Phi) is 7.22. The molecule has 6 nitrogen and oxygen atoms in total. The fourth-order valence-corrected chi connectivity index (χ4v) is 3.83. The van der Waals surface area contributed by atoms with Gasteiger partial charge in [-0.15, -0.1) is 12.4 Å². The van der Waals surface area contributed by atoms with Gasteiger partial charge in [-0.2, -0.15) is 0 Å². The van der Waals surface area contributed by atoms with Crippen molar-refractivity contribution in [3.05, 3.63) is 29.8 Å². The molecule has 24 heavy (non-hydrogen) atoms. The highest BCUT2D eigenvalue weighted by Gasteiger charge is 2.32. The molecule has 0 aliphatic carbocycles. The molecule has 1 aromatic carbocycles. The van der Waals surface area contributed by atoms with Crippen LogP contribution in [0.5, 0.6) is 0 Å². The van der Waals surface area contributed by atoms with Gasteiger partial charge in [0.05, 0.1) is 17.6 Å². The average Bonchev–Trinajstić information content (AvgIpc) is 2.53. The molecule has 1 heterocycles. The van der Waals surface area contributed by atoms with Crippen LogP contribution in [0.4, 0.5) is 0 Å². The molecular formula is C16H25ClN2O4S. The lowest BCUT2D eigenvalue weighted by Gasteiger charge is -2.39. The summed E-state index contributed by atoms with van der Waals surface area (Å²) in [6.45, 7) is 5.53. The lowest BCUT2D eigenvalue weighted by molar-refractivity contribution is 0.0600. The van der Waals surface area contributed by atoms with E-state index < -0.39 is 16.0 Å². The summed E-state index contributed by atoms with van der Waals surface area (Å²) in [6.07, 6.45) is 2.17. The van der Waals surface area contributed by atoms with Crippen molar-refractivity contribution in [1.82, 2.24) is 10.0 Å². The molecule has 1 unspecified atom stereocenters. The van der Waals surface area contributed by atoms with Gasteiger partial charge in [0.2, 0.25) is 10.0 Å². The summed E-state index contributed by atoms with van der Waals surface area (Å²) in [7, 11) is -2.32. The van der Waals surface area contributed by atoms with Gasteiger partial charge in [0, 0.05) is 12.6 Å². The number of hydrogen-bond acceptors (Lipinski definition) is 5. The average molecular weight is 377 g/mol. The van der Waals surface area contributed by atoms with E-state index in [1.54, 1.807) is 0 Å². The third kappa shape index (κ3) is 4.92. The number of halogens is 1. The SMILES string of the molecule is COC(=O)c1ccc(S(=O)(=O)NCC2NCCCC2(C)C)cc1.Cl. The third-order valence-electron chi connectivity index (χ3n) is 4.40. The maximum atomic E-state index is 12.4. The van der Waals surface area contributed by atoms with E-state index in [2.05, 4.69) is 28.6 Å². The maximum Gasteiger partial charge on any atom is 0.337 e. The summed E-state index contributed by atoms with van der Waals surface area (Å²) in [6, 6.07) is 5.81. The van der Waals surface area contributed by atoms with Crippen molar-refractivity contribution in [1.29, 1.82) is 0 Å². The van der Waals surface area contributed by atoms with Gasteiger partial charge in [0.25, 0.3) is 0 Å². The van der Waals surface area contributed by atoms with E-state index in [1.165, 1.54) is 31.4 Å². The summed E-state index contributed by atoms with van der Waals surface area (Å²) in [5.41, 5.74) is 0.372. The highest BCUT2D eigenvalue weighted by atomic mass is 35.5. The molecule has 0 spiro atoms. The first-order valence-electron chi connectivity index (χ1n) is 7.68. The van der Waals surface area contributed by atoms with E-state index in [4.69, 9.17) is 0 Å². The quantitative estimate of drug-likeness (QED) is 0.767. The van der Waals surface area contributed by atoms with Gasteiger partial charge < -0.3 is 10.1 Å². The minimum atomic E-state index is -3.60. The van der Waals surface area contributed by atoms with Gasteiger partial charge in [0.15, 0.2) is 0 Å². The highest BCUT2D eigenvalue weighted by molar-refractivity contribution is 7.89. The van der Waals surface area contributed by atoms with E-state index in [0.717, 1.165) is 19.4 Å². The zero-order valence-corrected chi connectivity index (χ0v) is 15.8. The molecule has 0 radical (unpaired) electrons. The van der Waals surface area contributed by atoms with Gasteiger partial charge in [-0.25, -0.2) is 17.9 Å². The van der Waals surface area contributed by atoms with E-state index in [1.807, 2.05) is 0 Å². The van der Waals surface area contributed by atoms with E-state index in [0.29, 0.717) is 12.1 Å². The molecular weight excluding hydrogens is 352 g/mol. The molecule has 1 atom stereocenters. The van der Waals surface area contributed by atoms with Crippen LogP contribution in [0.1, 0.15) is 37.0 Å². The molecule has 0 saturated carbocycles. The second kappa shape index (κ2) is 8.29. The Labute approximate surface area is 149 Å². The topological polar surface area (TPSA) is 84.5 Å². The zero-order chi connectivity index (χ0) is 17.1. The number of methoxy groups -OCH3 is 1. The standard InChI is InChI=1S/C16H24N2O4S.ClH/c1-16(2)9-4-10-17-14(16)11-18-23(20,21)13-7-5-12(6-8-13)15(19)22-3;/h5-8,14,17-18H,4,9-11H2,1-3H3;1H. The fourth-order valence-electron chi connectivity index (χ4n) is 2.78. The molecule has 0 bridgehead atoms. The smallest absolute Gasteiger partial charge is 0.337 e. The van der Waals surface area contributed by atoms with Crippen molar-refractivity contribution >= 4 is 28.4 Å². The molecule has 0 amide bonds. The van der Waals surface area contributed by atoms with Crippen LogP contribution in [0.2, 0.25) is 0 Å². The van der Waals surface area contributed by atoms with Crippen molar-refractivity contribution < 1.29 is 17.9 Å². The van der Waals surface area contributed by atoms with Crippen molar-refractivity contribution in [2.45, 2.75) is 37.6 Å². The Bertz CT molecular complexity index is 659. The van der Waals surface area contributed by atoms with Crippen LogP contribution in [0.3, 0.4) is 0 Å². The van der Waals surface area contributed by atoms with Gasteiger partial charge in [-0.05, 0) is 49.1 Å². The summed E-state index contributed by atoms with van der Waals surface area (Å²) in [5.74, 6) is -0.491. The normalized spacial score (nSPS) is 20.0. The van der Waals surface area contributed by atoms with Crippen LogP contribution in [0.25, 0.3) is 0 Å². The third-order valence-corrected chi connectivity index (χ3v) is 5.83. The Hall–Kier alpha value is -1.15. The first-order valence-corrected chi connectivity index (χ1v) is 9.16. The first-order chi connectivity index (χ1) is 10.8. The predicted octanol–water partition coefficient (Wildman–Crippen LogP) is 1.95. The molecule has 2 N–H and O–H groups in total. The van der Waals surface area contributed by atoms with Gasteiger partial charge in [-0.3, -0.25) is 0 Å². The molecule has 2 rings (SSSR count). The lowest BCUT2D eigenvalue weighted by Crippen LogP contribution is -2.52. The van der Waals surface area contributed by atoms with Gasteiger partial charge in [-0.1, -0.05) is 13.8 Å². The maximum absolute atomic E-state index is 12.4. The summed E-state index contributed by atoms with van der Waals surface area (Å²) < 4.78 is 32.0. The molecule has 1 saturated heterocycles. The minimum Gasteiger partial charge on any atom is -0.465 e. The Balaban J connectivity index is 0.00000288. The van der Waals surface area contributed by atoms with E-state index in [9.17, 15) is 13.2 Å². The van der Waals surface area contributed by atoms with E-state index >= 15 is 0 Å². The van der Waals surface area contributed by atoms with E-state index in [-0.39, 0.29) is 28.8 Å². The van der Waals surface area contributed by atoms with Crippen LogP contribution in [0, 0.1) is 5.41 Å². The Morgan fingerprint density at radius 2 is 1.96 bits per heavy atom. The zero-order valence-electron chi connectivity index (χ0n) is 14.2. The minimum absolute atomic E-state index is 0. The molecule has 1 aromatic rings. The number of esters is 1. The second-order valence-electron chi connectivity index (χ2n) is 6.47. The number of carbonyl (C=O) groups is 1.